The summed E-state index contributed by atoms with van der Waals surface area (Å²) in [7, 11) is 0. The second kappa shape index (κ2) is 6.66. The molecule has 8 nitrogen and oxygen atoms in total. The average Bonchev–Trinajstić information content (AvgIpc) is 3.36. The number of amides is 1. The molecule has 0 unspecified atom stereocenters. The molecule has 128 valence electrons. The molecular formula is C16H15ClN6O2. The van der Waals surface area contributed by atoms with E-state index in [0.717, 1.165) is 18.4 Å². The highest BCUT2D eigenvalue weighted by Crippen LogP contribution is 2.26. The van der Waals surface area contributed by atoms with Crippen LogP contribution >= 0.6 is 11.6 Å². The number of aromatic nitrogens is 5. The molecule has 4 rings (SSSR count). The molecule has 1 aromatic carbocycles. The van der Waals surface area contributed by atoms with E-state index in [-0.39, 0.29) is 18.0 Å². The summed E-state index contributed by atoms with van der Waals surface area (Å²) < 4.78 is 5.53. The van der Waals surface area contributed by atoms with Gasteiger partial charge < -0.3 is 4.74 Å². The van der Waals surface area contributed by atoms with Crippen molar-refractivity contribution in [3.8, 4) is 11.3 Å². The first kappa shape index (κ1) is 15.8. The number of carbonyl (C=O) groups excluding carboxylic acids is 1. The third-order valence-corrected chi connectivity index (χ3v) is 4.18. The van der Waals surface area contributed by atoms with E-state index in [1.165, 1.54) is 0 Å². The number of H-pyrrole nitrogens is 2. The zero-order chi connectivity index (χ0) is 17.2. The van der Waals surface area contributed by atoms with E-state index in [1.54, 1.807) is 18.2 Å². The van der Waals surface area contributed by atoms with Gasteiger partial charge in [-0.05, 0) is 31.0 Å². The first-order chi connectivity index (χ1) is 12.2. The molecule has 2 aromatic heterocycles. The van der Waals surface area contributed by atoms with Crippen LogP contribution in [0.3, 0.4) is 0 Å². The minimum absolute atomic E-state index is 0.0817. The molecule has 0 spiro atoms. The van der Waals surface area contributed by atoms with Gasteiger partial charge >= 0.3 is 0 Å². The number of carbonyl (C=O) groups is 1. The average molecular weight is 359 g/mol. The zero-order valence-electron chi connectivity index (χ0n) is 13.1. The topological polar surface area (TPSA) is 109 Å². The van der Waals surface area contributed by atoms with Crippen molar-refractivity contribution in [2.24, 2.45) is 0 Å². The second-order valence-corrected chi connectivity index (χ2v) is 6.11. The number of aromatic amines is 2. The molecule has 0 bridgehead atoms. The van der Waals surface area contributed by atoms with Crippen molar-refractivity contribution in [2.45, 2.75) is 18.9 Å². The van der Waals surface area contributed by atoms with Crippen molar-refractivity contribution in [1.82, 2.24) is 25.4 Å². The maximum Gasteiger partial charge on any atom is 0.276 e. The number of nitrogens with one attached hydrogen (secondary N) is 3. The molecule has 25 heavy (non-hydrogen) atoms. The van der Waals surface area contributed by atoms with Gasteiger partial charge in [0.05, 0.1) is 5.69 Å². The molecule has 3 heterocycles. The largest absolute Gasteiger partial charge is 0.370 e. The summed E-state index contributed by atoms with van der Waals surface area (Å²) in [5.41, 5.74) is 1.82. The van der Waals surface area contributed by atoms with Crippen LogP contribution < -0.4 is 5.32 Å². The van der Waals surface area contributed by atoms with Crippen LogP contribution in [0.4, 0.5) is 5.95 Å². The highest BCUT2D eigenvalue weighted by Gasteiger charge is 2.22. The summed E-state index contributed by atoms with van der Waals surface area (Å²) in [5.74, 6) is 0.461. The lowest BCUT2D eigenvalue weighted by Crippen LogP contribution is -2.13. The van der Waals surface area contributed by atoms with Crippen LogP contribution in [0, 0.1) is 0 Å². The molecule has 1 saturated heterocycles. The SMILES string of the molecule is O=C(Nc1n[nH]c([C@@H]2CCCO2)n1)c1cc(-c2ccc(Cl)cc2)n[nH]1. The number of nitrogens with zero attached hydrogens (tertiary/aromatic N) is 3. The van der Waals surface area contributed by atoms with Gasteiger partial charge in [-0.3, -0.25) is 20.3 Å². The smallest absolute Gasteiger partial charge is 0.276 e. The molecule has 9 heteroatoms. The maximum absolute atomic E-state index is 12.3. The van der Waals surface area contributed by atoms with Gasteiger partial charge in [-0.1, -0.05) is 23.7 Å². The second-order valence-electron chi connectivity index (χ2n) is 5.67. The Morgan fingerprint density at radius 2 is 2.08 bits per heavy atom. The van der Waals surface area contributed by atoms with Gasteiger partial charge in [0.15, 0.2) is 5.82 Å². The highest BCUT2D eigenvalue weighted by molar-refractivity contribution is 6.30. The van der Waals surface area contributed by atoms with E-state index in [2.05, 4.69) is 30.7 Å². The van der Waals surface area contributed by atoms with E-state index < -0.39 is 0 Å². The maximum atomic E-state index is 12.3. The van der Waals surface area contributed by atoms with Crippen LogP contribution in [-0.4, -0.2) is 37.9 Å². The Hall–Kier alpha value is -2.71. The van der Waals surface area contributed by atoms with Crippen LogP contribution in [-0.2, 0) is 4.74 Å². The highest BCUT2D eigenvalue weighted by atomic mass is 35.5. The molecule has 3 N–H and O–H groups in total. The number of halogens is 1. The molecular weight excluding hydrogens is 344 g/mol. The first-order valence-electron chi connectivity index (χ1n) is 7.85. The lowest BCUT2D eigenvalue weighted by Gasteiger charge is -2.02. The molecule has 0 radical (unpaired) electrons. The minimum Gasteiger partial charge on any atom is -0.370 e. The Balaban J connectivity index is 1.45. The predicted molar refractivity (Wildman–Crippen MR) is 91.3 cm³/mol. The number of anilines is 1. The number of ether oxygens (including phenoxy) is 1. The summed E-state index contributed by atoms with van der Waals surface area (Å²) in [6.07, 6.45) is 1.81. The summed E-state index contributed by atoms with van der Waals surface area (Å²) in [6.45, 7) is 0.717. The Bertz CT molecular complexity index is 882. The number of hydrogen-bond acceptors (Lipinski definition) is 5. The van der Waals surface area contributed by atoms with Crippen molar-refractivity contribution >= 4 is 23.5 Å². The monoisotopic (exact) mass is 358 g/mol. The van der Waals surface area contributed by atoms with E-state index in [4.69, 9.17) is 16.3 Å². The molecule has 1 fully saturated rings. The van der Waals surface area contributed by atoms with Crippen LogP contribution in [0.5, 0.6) is 0 Å². The first-order valence-corrected chi connectivity index (χ1v) is 8.23. The predicted octanol–water partition coefficient (Wildman–Crippen LogP) is 2.95. The Labute approximate surface area is 148 Å². The molecule has 1 atom stereocenters. The molecule has 0 saturated carbocycles. The third-order valence-electron chi connectivity index (χ3n) is 3.93. The lowest BCUT2D eigenvalue weighted by atomic mass is 10.1. The molecule has 3 aromatic rings. The van der Waals surface area contributed by atoms with Gasteiger partial charge in [-0.2, -0.15) is 10.1 Å². The van der Waals surface area contributed by atoms with Crippen LogP contribution in [0.15, 0.2) is 30.3 Å². The molecule has 1 aliphatic rings. The van der Waals surface area contributed by atoms with Crippen LogP contribution in [0.2, 0.25) is 5.02 Å². The quantitative estimate of drug-likeness (QED) is 0.664. The fraction of sp³-hybridized carbons (Fsp3) is 0.250. The zero-order valence-corrected chi connectivity index (χ0v) is 13.9. The van der Waals surface area contributed by atoms with Crippen LogP contribution in [0.25, 0.3) is 11.3 Å². The number of rotatable bonds is 4. The van der Waals surface area contributed by atoms with Crippen molar-refractivity contribution in [3.05, 3.63) is 46.9 Å². The van der Waals surface area contributed by atoms with Gasteiger partial charge in [-0.25, -0.2) is 0 Å². The number of hydrogen-bond donors (Lipinski definition) is 3. The molecule has 1 amide bonds. The van der Waals surface area contributed by atoms with Gasteiger partial charge in [0, 0.05) is 17.2 Å². The fourth-order valence-corrected chi connectivity index (χ4v) is 2.77. The minimum atomic E-state index is -0.370. The summed E-state index contributed by atoms with van der Waals surface area (Å²) in [6, 6.07) is 8.87. The Kier molecular flexibility index (Phi) is 4.21. The van der Waals surface area contributed by atoms with E-state index in [0.29, 0.717) is 28.8 Å². The summed E-state index contributed by atoms with van der Waals surface area (Å²) >= 11 is 5.88. The molecule has 1 aliphatic heterocycles. The van der Waals surface area contributed by atoms with Crippen LogP contribution in [0.1, 0.15) is 35.3 Å². The summed E-state index contributed by atoms with van der Waals surface area (Å²) in [4.78, 5) is 16.6. The van der Waals surface area contributed by atoms with Crippen molar-refractivity contribution in [2.75, 3.05) is 11.9 Å². The Morgan fingerprint density at radius 3 is 2.84 bits per heavy atom. The van der Waals surface area contributed by atoms with Crippen molar-refractivity contribution in [1.29, 1.82) is 0 Å². The van der Waals surface area contributed by atoms with E-state index in [9.17, 15) is 4.79 Å². The molecule has 0 aliphatic carbocycles. The van der Waals surface area contributed by atoms with Crippen molar-refractivity contribution in [3.63, 3.8) is 0 Å². The van der Waals surface area contributed by atoms with E-state index in [1.807, 2.05) is 12.1 Å². The van der Waals surface area contributed by atoms with Crippen molar-refractivity contribution < 1.29 is 9.53 Å². The normalized spacial score (nSPS) is 16.9. The third kappa shape index (κ3) is 3.40. The van der Waals surface area contributed by atoms with Gasteiger partial charge in [0.25, 0.3) is 5.91 Å². The van der Waals surface area contributed by atoms with Gasteiger partial charge in [-0.15, -0.1) is 5.10 Å². The number of benzene rings is 1. The fourth-order valence-electron chi connectivity index (χ4n) is 2.64. The summed E-state index contributed by atoms with van der Waals surface area (Å²) in [5, 5.41) is 16.9. The lowest BCUT2D eigenvalue weighted by molar-refractivity contribution is 0.101. The van der Waals surface area contributed by atoms with Gasteiger partial charge in [0.2, 0.25) is 5.95 Å². The standard InChI is InChI=1S/C16H15ClN6O2/c17-10-5-3-9(4-6-10)11-8-12(21-20-11)15(24)19-16-18-14(22-23-16)13-2-1-7-25-13/h3-6,8,13H,1-2,7H2,(H,20,21)(H2,18,19,22,23,24)/t13-/m0/s1. The van der Waals surface area contributed by atoms with Gasteiger partial charge in [0.1, 0.15) is 11.8 Å². The Morgan fingerprint density at radius 1 is 1.24 bits per heavy atom. The van der Waals surface area contributed by atoms with E-state index >= 15 is 0 Å².